The van der Waals surface area contributed by atoms with Gasteiger partial charge < -0.3 is 16.0 Å². The van der Waals surface area contributed by atoms with E-state index < -0.39 is 0 Å². The van der Waals surface area contributed by atoms with Gasteiger partial charge in [0.15, 0.2) is 0 Å². The lowest BCUT2D eigenvalue weighted by Crippen LogP contribution is -2.28. The first-order valence-corrected chi connectivity index (χ1v) is 10.6. The predicted molar refractivity (Wildman–Crippen MR) is 126 cm³/mol. The SMILES string of the molecule is C=CCNC(=O)Nc1ccc(NC(=O)c2csc(-c3cnn(-c4ccccc4)c3)n2)cc1. The lowest BCUT2D eigenvalue weighted by molar-refractivity contribution is 0.102. The van der Waals surface area contributed by atoms with Gasteiger partial charge in [0.05, 0.1) is 11.9 Å². The van der Waals surface area contributed by atoms with Crippen molar-refractivity contribution in [1.82, 2.24) is 20.1 Å². The Morgan fingerprint density at radius 3 is 2.47 bits per heavy atom. The maximum atomic E-state index is 12.6. The Labute approximate surface area is 188 Å². The summed E-state index contributed by atoms with van der Waals surface area (Å²) in [5, 5.41) is 14.9. The molecule has 3 N–H and O–H groups in total. The number of amides is 3. The van der Waals surface area contributed by atoms with E-state index in [1.54, 1.807) is 46.6 Å². The van der Waals surface area contributed by atoms with E-state index in [0.29, 0.717) is 28.6 Å². The molecule has 8 nitrogen and oxygen atoms in total. The van der Waals surface area contributed by atoms with Crippen LogP contribution in [-0.4, -0.2) is 33.2 Å². The van der Waals surface area contributed by atoms with E-state index in [4.69, 9.17) is 0 Å². The number of para-hydroxylation sites is 1. The number of hydrogen-bond acceptors (Lipinski definition) is 5. The highest BCUT2D eigenvalue weighted by molar-refractivity contribution is 7.13. The summed E-state index contributed by atoms with van der Waals surface area (Å²) in [5.74, 6) is -0.313. The number of hydrogen-bond donors (Lipinski definition) is 3. The molecule has 4 rings (SSSR count). The number of urea groups is 1. The molecule has 0 aliphatic carbocycles. The van der Waals surface area contributed by atoms with Gasteiger partial charge in [0.2, 0.25) is 0 Å². The van der Waals surface area contributed by atoms with E-state index in [2.05, 4.69) is 32.6 Å². The van der Waals surface area contributed by atoms with Gasteiger partial charge in [-0.1, -0.05) is 24.3 Å². The summed E-state index contributed by atoms with van der Waals surface area (Å²) in [5.41, 5.74) is 3.31. The van der Waals surface area contributed by atoms with Gasteiger partial charge in [0.25, 0.3) is 5.91 Å². The van der Waals surface area contributed by atoms with Crippen LogP contribution < -0.4 is 16.0 Å². The number of carbonyl (C=O) groups is 2. The van der Waals surface area contributed by atoms with Gasteiger partial charge in [-0.05, 0) is 36.4 Å². The topological polar surface area (TPSA) is 101 Å². The fraction of sp³-hybridized carbons (Fsp3) is 0.0435. The molecule has 160 valence electrons. The Morgan fingerprint density at radius 1 is 1.03 bits per heavy atom. The maximum absolute atomic E-state index is 12.6. The third-order valence-corrected chi connectivity index (χ3v) is 5.29. The lowest BCUT2D eigenvalue weighted by Gasteiger charge is -2.07. The monoisotopic (exact) mass is 444 g/mol. The van der Waals surface area contributed by atoms with Gasteiger partial charge in [-0.2, -0.15) is 5.10 Å². The molecule has 2 aromatic carbocycles. The maximum Gasteiger partial charge on any atom is 0.319 e. The molecule has 0 unspecified atom stereocenters. The van der Waals surface area contributed by atoms with Crippen LogP contribution in [0.1, 0.15) is 10.5 Å². The Balaban J connectivity index is 1.38. The van der Waals surface area contributed by atoms with Gasteiger partial charge >= 0.3 is 6.03 Å². The predicted octanol–water partition coefficient (Wildman–Crippen LogP) is 4.56. The molecular formula is C23H20N6O2S. The smallest absolute Gasteiger partial charge is 0.319 e. The number of benzene rings is 2. The molecule has 0 bridgehead atoms. The van der Waals surface area contributed by atoms with Crippen LogP contribution in [0.25, 0.3) is 16.3 Å². The van der Waals surface area contributed by atoms with E-state index in [1.165, 1.54) is 11.3 Å². The number of nitrogens with zero attached hydrogens (tertiary/aromatic N) is 3. The van der Waals surface area contributed by atoms with E-state index in [-0.39, 0.29) is 11.9 Å². The summed E-state index contributed by atoms with van der Waals surface area (Å²) in [6.07, 6.45) is 5.20. The Hall–Kier alpha value is -4.24. The molecule has 0 aliphatic rings. The molecule has 0 fully saturated rings. The number of aromatic nitrogens is 3. The van der Waals surface area contributed by atoms with Crippen molar-refractivity contribution in [2.24, 2.45) is 0 Å². The van der Waals surface area contributed by atoms with E-state index >= 15 is 0 Å². The van der Waals surface area contributed by atoms with Crippen molar-refractivity contribution in [2.75, 3.05) is 17.2 Å². The van der Waals surface area contributed by atoms with Crippen LogP contribution >= 0.6 is 11.3 Å². The minimum Gasteiger partial charge on any atom is -0.334 e. The minimum atomic E-state index is -0.327. The van der Waals surface area contributed by atoms with Crippen LogP contribution in [-0.2, 0) is 0 Å². The van der Waals surface area contributed by atoms with Crippen LogP contribution in [0.5, 0.6) is 0 Å². The summed E-state index contributed by atoms with van der Waals surface area (Å²) in [4.78, 5) is 28.7. The Kier molecular flexibility index (Phi) is 6.38. The molecule has 0 atom stereocenters. The minimum absolute atomic E-state index is 0.313. The summed E-state index contributed by atoms with van der Waals surface area (Å²) < 4.78 is 1.77. The molecule has 0 spiro atoms. The number of rotatable bonds is 7. The number of anilines is 2. The molecule has 0 aliphatic heterocycles. The van der Waals surface area contributed by atoms with Crippen molar-refractivity contribution in [3.63, 3.8) is 0 Å². The van der Waals surface area contributed by atoms with E-state index in [1.807, 2.05) is 36.5 Å². The van der Waals surface area contributed by atoms with Crippen molar-refractivity contribution in [3.8, 4) is 16.3 Å². The number of nitrogens with one attached hydrogen (secondary N) is 3. The highest BCUT2D eigenvalue weighted by atomic mass is 32.1. The zero-order valence-corrected chi connectivity index (χ0v) is 17.8. The van der Waals surface area contributed by atoms with E-state index in [0.717, 1.165) is 11.3 Å². The Morgan fingerprint density at radius 2 is 1.75 bits per heavy atom. The molecule has 0 radical (unpaired) electrons. The molecule has 9 heteroatoms. The zero-order valence-electron chi connectivity index (χ0n) is 17.0. The molecule has 4 aromatic rings. The summed E-state index contributed by atoms with van der Waals surface area (Å²) >= 11 is 1.38. The normalized spacial score (nSPS) is 10.4. The molecule has 2 heterocycles. The van der Waals surface area contributed by atoms with E-state index in [9.17, 15) is 9.59 Å². The Bertz CT molecular complexity index is 1230. The van der Waals surface area contributed by atoms with Gasteiger partial charge in [-0.15, -0.1) is 17.9 Å². The van der Waals surface area contributed by atoms with Crippen molar-refractivity contribution in [1.29, 1.82) is 0 Å². The molecule has 2 aromatic heterocycles. The summed E-state index contributed by atoms with van der Waals surface area (Å²) in [6.45, 7) is 3.92. The summed E-state index contributed by atoms with van der Waals surface area (Å²) in [6, 6.07) is 16.3. The van der Waals surface area contributed by atoms with Gasteiger partial charge in [0, 0.05) is 35.1 Å². The largest absolute Gasteiger partial charge is 0.334 e. The van der Waals surface area contributed by atoms with Crippen molar-refractivity contribution < 1.29 is 9.59 Å². The zero-order chi connectivity index (χ0) is 22.3. The van der Waals surface area contributed by atoms with Crippen molar-refractivity contribution >= 4 is 34.6 Å². The second-order valence-corrected chi connectivity index (χ2v) is 7.56. The quantitative estimate of drug-likeness (QED) is 0.364. The molecule has 0 saturated carbocycles. The van der Waals surface area contributed by atoms with Crippen LogP contribution in [0, 0.1) is 0 Å². The fourth-order valence-corrected chi connectivity index (χ4v) is 3.61. The first-order valence-electron chi connectivity index (χ1n) is 9.75. The first kappa shape index (κ1) is 21.0. The molecular weight excluding hydrogens is 424 g/mol. The lowest BCUT2D eigenvalue weighted by atomic mass is 10.2. The van der Waals surface area contributed by atoms with Crippen LogP contribution in [0.4, 0.5) is 16.2 Å². The van der Waals surface area contributed by atoms with Crippen LogP contribution in [0.3, 0.4) is 0 Å². The second kappa shape index (κ2) is 9.71. The highest BCUT2D eigenvalue weighted by Gasteiger charge is 2.14. The second-order valence-electron chi connectivity index (χ2n) is 6.70. The molecule has 32 heavy (non-hydrogen) atoms. The molecule has 0 saturated heterocycles. The van der Waals surface area contributed by atoms with Crippen LogP contribution in [0.2, 0.25) is 0 Å². The standard InChI is InChI=1S/C23H20N6O2S/c1-2-12-24-23(31)27-18-10-8-17(9-11-18)26-21(30)20-15-32-22(28-20)16-13-25-29(14-16)19-6-4-3-5-7-19/h2-11,13-15H,1,12H2,(H,26,30)(H2,24,27,31). The summed E-state index contributed by atoms with van der Waals surface area (Å²) in [7, 11) is 0. The number of carbonyl (C=O) groups excluding carboxylic acids is 2. The highest BCUT2D eigenvalue weighted by Crippen LogP contribution is 2.25. The number of thiazole rings is 1. The average Bonchev–Trinajstić information content (AvgIpc) is 3.50. The first-order chi connectivity index (χ1) is 15.6. The molecule has 3 amide bonds. The third-order valence-electron chi connectivity index (χ3n) is 4.39. The van der Waals surface area contributed by atoms with Crippen LogP contribution in [0.15, 0.2) is 85.0 Å². The fourth-order valence-electron chi connectivity index (χ4n) is 2.84. The van der Waals surface area contributed by atoms with Crippen molar-refractivity contribution in [3.05, 3.63) is 90.7 Å². The van der Waals surface area contributed by atoms with Gasteiger partial charge in [-0.25, -0.2) is 14.5 Å². The van der Waals surface area contributed by atoms with Gasteiger partial charge in [0.1, 0.15) is 10.7 Å². The third kappa shape index (κ3) is 5.08. The van der Waals surface area contributed by atoms with Gasteiger partial charge in [-0.3, -0.25) is 4.79 Å². The average molecular weight is 445 g/mol. The van der Waals surface area contributed by atoms with Crippen molar-refractivity contribution in [2.45, 2.75) is 0 Å².